The third-order valence-electron chi connectivity index (χ3n) is 2.68. The Kier molecular flexibility index (Phi) is 4.39. The summed E-state index contributed by atoms with van der Waals surface area (Å²) in [7, 11) is 1.44. The Bertz CT molecular complexity index is 702. The van der Waals surface area contributed by atoms with Crippen molar-refractivity contribution < 1.29 is 19.2 Å². The van der Waals surface area contributed by atoms with Crippen LogP contribution in [0.1, 0.15) is 10.4 Å². The number of benzene rings is 2. The molecule has 0 saturated heterocycles. The van der Waals surface area contributed by atoms with E-state index in [9.17, 15) is 14.9 Å². The van der Waals surface area contributed by atoms with Gasteiger partial charge in [-0.2, -0.15) is 0 Å². The van der Waals surface area contributed by atoms with Crippen molar-refractivity contribution in [2.45, 2.75) is 0 Å². The second-order valence-corrected chi connectivity index (χ2v) is 4.41. The Hall–Kier alpha value is -2.60. The summed E-state index contributed by atoms with van der Waals surface area (Å²) in [4.78, 5) is 21.1. The van der Waals surface area contributed by atoms with Gasteiger partial charge in [-0.25, -0.2) is 0 Å². The monoisotopic (exact) mass is 307 g/mol. The number of ether oxygens (including phenoxy) is 2. The predicted octanol–water partition coefficient (Wildman–Crippen LogP) is 3.86. The van der Waals surface area contributed by atoms with Gasteiger partial charge in [-0.3, -0.25) is 14.9 Å². The highest BCUT2D eigenvalue weighted by Crippen LogP contribution is 2.37. The number of halogens is 1. The van der Waals surface area contributed by atoms with Crippen LogP contribution < -0.4 is 9.47 Å². The Morgan fingerprint density at radius 2 is 1.95 bits per heavy atom. The summed E-state index contributed by atoms with van der Waals surface area (Å²) in [6.07, 6.45) is 0.643. The zero-order chi connectivity index (χ0) is 15.4. The molecule has 0 radical (unpaired) electrons. The van der Waals surface area contributed by atoms with Crippen LogP contribution in [0.5, 0.6) is 17.2 Å². The number of carbonyl (C=O) groups excluding carboxylic acids is 1. The normalized spacial score (nSPS) is 10.0. The fourth-order valence-electron chi connectivity index (χ4n) is 1.65. The lowest BCUT2D eigenvalue weighted by atomic mass is 10.2. The molecule has 0 saturated carbocycles. The number of carbonyl (C=O) groups is 1. The summed E-state index contributed by atoms with van der Waals surface area (Å²) >= 11 is 5.98. The van der Waals surface area contributed by atoms with E-state index in [0.717, 1.165) is 0 Å². The van der Waals surface area contributed by atoms with E-state index in [1.165, 1.54) is 43.5 Å². The van der Waals surface area contributed by atoms with Crippen molar-refractivity contribution in [3.8, 4) is 17.2 Å². The van der Waals surface area contributed by atoms with Crippen molar-refractivity contribution in [2.75, 3.05) is 7.11 Å². The molecule has 2 aromatic carbocycles. The van der Waals surface area contributed by atoms with Gasteiger partial charge in [0, 0.05) is 17.7 Å². The third-order valence-corrected chi connectivity index (χ3v) is 2.97. The van der Waals surface area contributed by atoms with E-state index in [1.807, 2.05) is 0 Å². The summed E-state index contributed by atoms with van der Waals surface area (Å²) in [5, 5.41) is 11.2. The third kappa shape index (κ3) is 3.29. The lowest BCUT2D eigenvalue weighted by Crippen LogP contribution is -1.95. The molecule has 0 N–H and O–H groups in total. The Morgan fingerprint density at radius 1 is 1.19 bits per heavy atom. The van der Waals surface area contributed by atoms with E-state index in [1.54, 1.807) is 0 Å². The molecule has 0 bridgehead atoms. The maximum atomic E-state index is 11.0. The molecule has 0 atom stereocenters. The van der Waals surface area contributed by atoms with Crippen LogP contribution in [0.15, 0.2) is 36.4 Å². The highest BCUT2D eigenvalue weighted by atomic mass is 35.5. The molecule has 2 aromatic rings. The van der Waals surface area contributed by atoms with Gasteiger partial charge in [0.1, 0.15) is 17.8 Å². The molecular formula is C14H10ClNO5. The smallest absolute Gasteiger partial charge is 0.311 e. The number of methoxy groups -OCH3 is 1. The molecule has 2 rings (SSSR count). The molecule has 108 valence electrons. The van der Waals surface area contributed by atoms with Crippen molar-refractivity contribution in [3.63, 3.8) is 0 Å². The maximum absolute atomic E-state index is 11.0. The van der Waals surface area contributed by atoms with Gasteiger partial charge in [0.05, 0.1) is 17.1 Å². The Morgan fingerprint density at radius 3 is 2.52 bits per heavy atom. The SMILES string of the molecule is COc1ccc([N+](=O)[O-])c(Oc2ccc(C=O)cc2Cl)c1. The highest BCUT2D eigenvalue weighted by molar-refractivity contribution is 6.32. The number of aldehydes is 1. The van der Waals surface area contributed by atoms with Crippen LogP contribution in [-0.4, -0.2) is 18.3 Å². The molecule has 0 aliphatic carbocycles. The first-order valence-corrected chi connectivity index (χ1v) is 6.18. The number of hydrogen-bond acceptors (Lipinski definition) is 5. The minimum Gasteiger partial charge on any atom is -0.497 e. The van der Waals surface area contributed by atoms with Crippen molar-refractivity contribution in [3.05, 3.63) is 57.1 Å². The zero-order valence-electron chi connectivity index (χ0n) is 10.9. The van der Waals surface area contributed by atoms with Gasteiger partial charge in [-0.05, 0) is 24.3 Å². The summed E-state index contributed by atoms with van der Waals surface area (Å²) in [5.74, 6) is 0.620. The van der Waals surface area contributed by atoms with E-state index >= 15 is 0 Å². The molecule has 0 unspecified atom stereocenters. The molecule has 7 heteroatoms. The van der Waals surface area contributed by atoms with Crippen LogP contribution in [0.3, 0.4) is 0 Å². The molecule has 6 nitrogen and oxygen atoms in total. The Balaban J connectivity index is 2.42. The number of nitro benzene ring substituents is 1. The standard InChI is InChI=1S/C14H10ClNO5/c1-20-10-3-4-12(16(18)19)14(7-10)21-13-5-2-9(8-17)6-11(13)15/h2-8H,1H3. The number of nitro groups is 1. The molecule has 0 amide bonds. The van der Waals surface area contributed by atoms with Crippen LogP contribution in [0, 0.1) is 10.1 Å². The van der Waals surface area contributed by atoms with Gasteiger partial charge in [0.25, 0.3) is 0 Å². The highest BCUT2D eigenvalue weighted by Gasteiger charge is 2.18. The van der Waals surface area contributed by atoms with Crippen LogP contribution in [-0.2, 0) is 0 Å². The predicted molar refractivity (Wildman–Crippen MR) is 76.6 cm³/mol. The summed E-state index contributed by atoms with van der Waals surface area (Å²) in [6.45, 7) is 0. The molecule has 0 spiro atoms. The topological polar surface area (TPSA) is 78.7 Å². The average Bonchev–Trinajstić information content (AvgIpc) is 2.48. The van der Waals surface area contributed by atoms with Crippen molar-refractivity contribution >= 4 is 23.6 Å². The van der Waals surface area contributed by atoms with E-state index < -0.39 is 4.92 Å². The zero-order valence-corrected chi connectivity index (χ0v) is 11.7. The van der Waals surface area contributed by atoms with Gasteiger partial charge in [-0.15, -0.1) is 0 Å². The fraction of sp³-hybridized carbons (Fsp3) is 0.0714. The van der Waals surface area contributed by atoms with Crippen LogP contribution in [0.4, 0.5) is 5.69 Å². The molecule has 0 heterocycles. The van der Waals surface area contributed by atoms with Crippen LogP contribution in [0.2, 0.25) is 5.02 Å². The van der Waals surface area contributed by atoms with Crippen molar-refractivity contribution in [1.82, 2.24) is 0 Å². The molecule has 0 aromatic heterocycles. The van der Waals surface area contributed by atoms with E-state index in [2.05, 4.69) is 0 Å². The molecular weight excluding hydrogens is 298 g/mol. The average molecular weight is 308 g/mol. The first-order chi connectivity index (χ1) is 10.0. The van der Waals surface area contributed by atoms with E-state index in [-0.39, 0.29) is 22.2 Å². The quantitative estimate of drug-likeness (QED) is 0.476. The van der Waals surface area contributed by atoms with Crippen LogP contribution in [0.25, 0.3) is 0 Å². The first-order valence-electron chi connectivity index (χ1n) is 5.80. The second-order valence-electron chi connectivity index (χ2n) is 4.00. The molecule has 21 heavy (non-hydrogen) atoms. The summed E-state index contributed by atoms with van der Waals surface area (Å²) in [6, 6.07) is 8.51. The van der Waals surface area contributed by atoms with Gasteiger partial charge >= 0.3 is 5.69 Å². The number of nitrogens with zero attached hydrogens (tertiary/aromatic N) is 1. The van der Waals surface area contributed by atoms with Gasteiger partial charge in [0.2, 0.25) is 5.75 Å². The van der Waals surface area contributed by atoms with E-state index in [4.69, 9.17) is 21.1 Å². The van der Waals surface area contributed by atoms with Gasteiger partial charge in [0.15, 0.2) is 0 Å². The van der Waals surface area contributed by atoms with Crippen LogP contribution >= 0.6 is 11.6 Å². The van der Waals surface area contributed by atoms with Crippen molar-refractivity contribution in [2.24, 2.45) is 0 Å². The fourth-order valence-corrected chi connectivity index (χ4v) is 1.87. The molecule has 0 aliphatic rings. The minimum absolute atomic E-state index is 0.0000954. The molecule has 0 aliphatic heterocycles. The van der Waals surface area contributed by atoms with E-state index in [0.29, 0.717) is 17.6 Å². The summed E-state index contributed by atoms with van der Waals surface area (Å²) < 4.78 is 10.5. The lowest BCUT2D eigenvalue weighted by Gasteiger charge is -2.09. The maximum Gasteiger partial charge on any atom is 0.311 e. The Labute approximate surface area is 125 Å². The second kappa shape index (κ2) is 6.23. The lowest BCUT2D eigenvalue weighted by molar-refractivity contribution is -0.385. The van der Waals surface area contributed by atoms with Gasteiger partial charge < -0.3 is 9.47 Å². The minimum atomic E-state index is -0.567. The number of hydrogen-bond donors (Lipinski definition) is 0. The van der Waals surface area contributed by atoms with Crippen molar-refractivity contribution in [1.29, 1.82) is 0 Å². The number of rotatable bonds is 5. The summed E-state index contributed by atoms with van der Waals surface area (Å²) in [5.41, 5.74) is 0.166. The largest absolute Gasteiger partial charge is 0.497 e. The molecule has 0 fully saturated rings. The first kappa shape index (κ1) is 14.8. The van der Waals surface area contributed by atoms with Gasteiger partial charge in [-0.1, -0.05) is 11.6 Å².